The van der Waals surface area contributed by atoms with Crippen molar-refractivity contribution in [3.05, 3.63) is 34.4 Å². The second-order valence-electron chi connectivity index (χ2n) is 5.61. The summed E-state index contributed by atoms with van der Waals surface area (Å²) < 4.78 is 0. The molecule has 0 aliphatic heterocycles. The van der Waals surface area contributed by atoms with Crippen LogP contribution in [0.25, 0.3) is 0 Å². The topological polar surface area (TPSA) is 26.0 Å². The fourth-order valence-corrected chi connectivity index (χ4v) is 3.03. The average Bonchev–Trinajstić information content (AvgIpc) is 2.47. The minimum atomic E-state index is 0.237. The molecule has 0 heterocycles. The van der Waals surface area contributed by atoms with Gasteiger partial charge in [-0.3, -0.25) is 0 Å². The van der Waals surface area contributed by atoms with Gasteiger partial charge in [0.25, 0.3) is 0 Å². The van der Waals surface area contributed by atoms with Crippen LogP contribution in [0.1, 0.15) is 62.4 Å². The van der Waals surface area contributed by atoms with Crippen molar-refractivity contribution >= 4 is 0 Å². The lowest BCUT2D eigenvalue weighted by atomic mass is 9.84. The third kappa shape index (κ3) is 1.67. The van der Waals surface area contributed by atoms with Crippen LogP contribution in [0, 0.1) is 0 Å². The molecule has 1 heteroatoms. The predicted octanol–water partition coefficient (Wildman–Crippen LogP) is 3.49. The summed E-state index contributed by atoms with van der Waals surface area (Å²) >= 11 is 0. The van der Waals surface area contributed by atoms with Crippen molar-refractivity contribution in [1.29, 1.82) is 0 Å². The van der Waals surface area contributed by atoms with E-state index in [0.29, 0.717) is 0 Å². The highest BCUT2D eigenvalue weighted by Gasteiger charge is 2.35. The van der Waals surface area contributed by atoms with E-state index in [0.717, 1.165) is 19.3 Å². The van der Waals surface area contributed by atoms with Crippen LogP contribution >= 0.6 is 0 Å². The lowest BCUT2D eigenvalue weighted by Crippen LogP contribution is -2.14. The number of benzene rings is 1. The van der Waals surface area contributed by atoms with Crippen molar-refractivity contribution < 1.29 is 0 Å². The minimum absolute atomic E-state index is 0.237. The fourth-order valence-electron chi connectivity index (χ4n) is 3.03. The number of rotatable bonds is 2. The minimum Gasteiger partial charge on any atom is -0.324 e. The molecule has 1 nitrogen and oxygen atoms in total. The van der Waals surface area contributed by atoms with Crippen LogP contribution < -0.4 is 5.73 Å². The molecule has 1 aromatic carbocycles. The van der Waals surface area contributed by atoms with E-state index in [1.165, 1.54) is 22.3 Å². The summed E-state index contributed by atoms with van der Waals surface area (Å²) in [6.45, 7) is 9.09. The van der Waals surface area contributed by atoms with Crippen LogP contribution in [0.3, 0.4) is 0 Å². The molecule has 0 fully saturated rings. The average molecular weight is 217 g/mol. The zero-order valence-electron chi connectivity index (χ0n) is 10.9. The normalized spacial score (nSPS) is 22.2. The Bertz CT molecular complexity index is 404. The second kappa shape index (κ2) is 3.89. The van der Waals surface area contributed by atoms with Gasteiger partial charge in [-0.15, -0.1) is 0 Å². The van der Waals surface area contributed by atoms with Crippen molar-refractivity contribution in [2.75, 3.05) is 0 Å². The van der Waals surface area contributed by atoms with Gasteiger partial charge in [-0.2, -0.15) is 0 Å². The summed E-state index contributed by atoms with van der Waals surface area (Å²) in [5.74, 6) is 0. The van der Waals surface area contributed by atoms with Crippen LogP contribution in [-0.2, 0) is 18.3 Å². The van der Waals surface area contributed by atoms with Crippen molar-refractivity contribution in [3.8, 4) is 0 Å². The molecular weight excluding hydrogens is 194 g/mol. The molecule has 2 rings (SSSR count). The molecule has 0 saturated heterocycles. The van der Waals surface area contributed by atoms with E-state index in [2.05, 4.69) is 39.8 Å². The Morgan fingerprint density at radius 3 is 2.31 bits per heavy atom. The van der Waals surface area contributed by atoms with E-state index in [1.54, 1.807) is 0 Å². The summed E-state index contributed by atoms with van der Waals surface area (Å²) in [4.78, 5) is 0. The number of fused-ring (bicyclic) bond motifs is 1. The highest BCUT2D eigenvalue weighted by Crippen LogP contribution is 2.44. The number of hydrogen-bond donors (Lipinski definition) is 1. The van der Waals surface area contributed by atoms with E-state index in [-0.39, 0.29) is 11.5 Å². The van der Waals surface area contributed by atoms with Gasteiger partial charge in [0.15, 0.2) is 0 Å². The van der Waals surface area contributed by atoms with Gasteiger partial charge in [0, 0.05) is 6.04 Å². The number of nitrogens with two attached hydrogens (primary N) is 1. The monoisotopic (exact) mass is 217 g/mol. The van der Waals surface area contributed by atoms with Crippen LogP contribution in [-0.4, -0.2) is 0 Å². The summed E-state index contributed by atoms with van der Waals surface area (Å²) in [6, 6.07) is 5.00. The number of hydrogen-bond acceptors (Lipinski definition) is 1. The van der Waals surface area contributed by atoms with Crippen LogP contribution in [0.2, 0.25) is 0 Å². The third-order valence-electron chi connectivity index (χ3n) is 3.99. The van der Waals surface area contributed by atoms with E-state index >= 15 is 0 Å². The first kappa shape index (κ1) is 11.7. The second-order valence-corrected chi connectivity index (χ2v) is 5.61. The Hall–Kier alpha value is -0.820. The first-order chi connectivity index (χ1) is 7.49. The molecule has 0 radical (unpaired) electrons. The first-order valence-electron chi connectivity index (χ1n) is 6.41. The predicted molar refractivity (Wildman–Crippen MR) is 69.8 cm³/mol. The maximum atomic E-state index is 6.24. The summed E-state index contributed by atoms with van der Waals surface area (Å²) in [6.07, 6.45) is 3.32. The Labute approximate surface area is 99.0 Å². The van der Waals surface area contributed by atoms with Gasteiger partial charge in [0.05, 0.1) is 0 Å². The molecule has 88 valence electrons. The molecular formula is C15H23N. The molecule has 0 spiro atoms. The molecule has 2 N–H and O–H groups in total. The van der Waals surface area contributed by atoms with Gasteiger partial charge >= 0.3 is 0 Å². The first-order valence-corrected chi connectivity index (χ1v) is 6.41. The highest BCUT2D eigenvalue weighted by molar-refractivity contribution is 5.47. The zero-order valence-corrected chi connectivity index (χ0v) is 10.9. The van der Waals surface area contributed by atoms with Crippen LogP contribution in [0.5, 0.6) is 0 Å². The molecule has 0 aromatic heterocycles. The Balaban J connectivity index is 2.59. The van der Waals surface area contributed by atoms with Crippen LogP contribution in [0.15, 0.2) is 12.1 Å². The molecule has 1 aliphatic rings. The maximum absolute atomic E-state index is 6.24. The molecule has 0 bridgehead atoms. The summed E-state index contributed by atoms with van der Waals surface area (Å²) in [5.41, 5.74) is 12.3. The van der Waals surface area contributed by atoms with Gasteiger partial charge in [0.2, 0.25) is 0 Å². The fraction of sp³-hybridized carbons (Fsp3) is 0.600. The standard InChI is InChI=1S/C15H23N/c1-5-10-7-12-13(8-11(10)6-2)15(3,4)9-14(12)16/h7-8,14H,5-6,9,16H2,1-4H3/t14-/m0/s1. The van der Waals surface area contributed by atoms with Gasteiger partial charge in [-0.25, -0.2) is 0 Å². The Morgan fingerprint density at radius 2 is 1.75 bits per heavy atom. The lowest BCUT2D eigenvalue weighted by molar-refractivity contribution is 0.481. The maximum Gasteiger partial charge on any atom is 0.0306 e. The highest BCUT2D eigenvalue weighted by atomic mass is 14.7. The van der Waals surface area contributed by atoms with Crippen molar-refractivity contribution in [3.63, 3.8) is 0 Å². The van der Waals surface area contributed by atoms with Gasteiger partial charge in [-0.1, -0.05) is 39.8 Å². The SMILES string of the molecule is CCc1cc2c(cc1CC)C(C)(C)C[C@@H]2N. The Morgan fingerprint density at radius 1 is 1.19 bits per heavy atom. The van der Waals surface area contributed by atoms with Gasteiger partial charge in [-0.05, 0) is 46.9 Å². The number of aryl methyl sites for hydroxylation is 2. The zero-order chi connectivity index (χ0) is 11.9. The molecule has 0 amide bonds. The molecule has 0 saturated carbocycles. The van der Waals surface area contributed by atoms with Gasteiger partial charge < -0.3 is 5.73 Å². The van der Waals surface area contributed by atoms with E-state index < -0.39 is 0 Å². The largest absolute Gasteiger partial charge is 0.324 e. The molecule has 1 atom stereocenters. The van der Waals surface area contributed by atoms with Crippen LogP contribution in [0.4, 0.5) is 0 Å². The summed E-state index contributed by atoms with van der Waals surface area (Å²) in [7, 11) is 0. The van der Waals surface area contributed by atoms with E-state index in [4.69, 9.17) is 5.73 Å². The van der Waals surface area contributed by atoms with E-state index in [9.17, 15) is 0 Å². The smallest absolute Gasteiger partial charge is 0.0306 e. The quantitative estimate of drug-likeness (QED) is 0.806. The van der Waals surface area contributed by atoms with E-state index in [1.807, 2.05) is 0 Å². The van der Waals surface area contributed by atoms with Crippen molar-refractivity contribution in [2.24, 2.45) is 5.73 Å². The van der Waals surface area contributed by atoms with Gasteiger partial charge in [0.1, 0.15) is 0 Å². The Kier molecular flexibility index (Phi) is 2.83. The molecule has 1 aromatic rings. The third-order valence-corrected chi connectivity index (χ3v) is 3.99. The van der Waals surface area contributed by atoms with Crippen molar-refractivity contribution in [2.45, 2.75) is 58.4 Å². The summed E-state index contributed by atoms with van der Waals surface area (Å²) in [5, 5.41) is 0. The molecule has 0 unspecified atom stereocenters. The van der Waals surface area contributed by atoms with Crippen molar-refractivity contribution in [1.82, 2.24) is 0 Å². The molecule has 16 heavy (non-hydrogen) atoms. The molecule has 1 aliphatic carbocycles. The lowest BCUT2D eigenvalue weighted by Gasteiger charge is -2.20.